The lowest BCUT2D eigenvalue weighted by atomic mass is 10.1. The van der Waals surface area contributed by atoms with Crippen LogP contribution in [-0.4, -0.2) is 34.5 Å². The van der Waals surface area contributed by atoms with E-state index in [1.54, 1.807) is 12.2 Å². The molecule has 4 heteroatoms. The quantitative estimate of drug-likeness (QED) is 0.536. The second-order valence-corrected chi connectivity index (χ2v) is 4.51. The summed E-state index contributed by atoms with van der Waals surface area (Å²) in [7, 11) is 0. The summed E-state index contributed by atoms with van der Waals surface area (Å²) >= 11 is 0. The van der Waals surface area contributed by atoms with Crippen molar-refractivity contribution in [2.75, 3.05) is 0 Å². The standard InChI is InChI=1S/C14H22O4/c1-2-11(15)7-5-3-4-6-8-12(16)13-9-10-14(17)18-13/h3-4,6,8,11-13,15-16H,2,5,7,9-10H2,1H3. The van der Waals surface area contributed by atoms with Gasteiger partial charge in [0.1, 0.15) is 12.2 Å². The summed E-state index contributed by atoms with van der Waals surface area (Å²) in [6.07, 6.45) is 9.09. The van der Waals surface area contributed by atoms with Gasteiger partial charge in [0.15, 0.2) is 0 Å². The maximum atomic E-state index is 10.9. The minimum Gasteiger partial charge on any atom is -0.459 e. The van der Waals surface area contributed by atoms with E-state index in [9.17, 15) is 15.0 Å². The van der Waals surface area contributed by atoms with Gasteiger partial charge in [0.05, 0.1) is 6.10 Å². The number of hydrogen-bond acceptors (Lipinski definition) is 4. The van der Waals surface area contributed by atoms with E-state index in [0.717, 1.165) is 19.3 Å². The molecule has 0 bridgehead atoms. The Labute approximate surface area is 108 Å². The summed E-state index contributed by atoms with van der Waals surface area (Å²) in [5.74, 6) is -0.239. The van der Waals surface area contributed by atoms with Crippen molar-refractivity contribution in [3.05, 3.63) is 24.3 Å². The van der Waals surface area contributed by atoms with Gasteiger partial charge >= 0.3 is 5.97 Å². The first kappa shape index (κ1) is 14.9. The van der Waals surface area contributed by atoms with E-state index in [1.165, 1.54) is 0 Å². The molecule has 0 aliphatic carbocycles. The molecule has 1 fully saturated rings. The highest BCUT2D eigenvalue weighted by molar-refractivity contribution is 5.71. The molecular formula is C14H22O4. The van der Waals surface area contributed by atoms with Gasteiger partial charge in [0.2, 0.25) is 0 Å². The first-order chi connectivity index (χ1) is 8.63. The van der Waals surface area contributed by atoms with Crippen LogP contribution in [0.4, 0.5) is 0 Å². The molecule has 3 unspecified atom stereocenters. The Morgan fingerprint density at radius 1 is 1.44 bits per heavy atom. The number of aliphatic hydroxyl groups is 2. The van der Waals surface area contributed by atoms with Crippen LogP contribution in [-0.2, 0) is 9.53 Å². The van der Waals surface area contributed by atoms with E-state index in [1.807, 2.05) is 19.1 Å². The maximum absolute atomic E-state index is 10.9. The highest BCUT2D eigenvalue weighted by Gasteiger charge is 2.27. The first-order valence-electron chi connectivity index (χ1n) is 6.52. The average Bonchev–Trinajstić information content (AvgIpc) is 2.79. The monoisotopic (exact) mass is 254 g/mol. The van der Waals surface area contributed by atoms with Gasteiger partial charge in [0.25, 0.3) is 0 Å². The van der Waals surface area contributed by atoms with Crippen LogP contribution >= 0.6 is 0 Å². The van der Waals surface area contributed by atoms with Crippen LogP contribution in [0.1, 0.15) is 39.0 Å². The average molecular weight is 254 g/mol. The molecule has 1 aliphatic rings. The molecule has 0 aromatic heterocycles. The summed E-state index contributed by atoms with van der Waals surface area (Å²) in [5, 5.41) is 19.0. The number of esters is 1. The van der Waals surface area contributed by atoms with Gasteiger partial charge in [-0.05, 0) is 25.7 Å². The van der Waals surface area contributed by atoms with Crippen molar-refractivity contribution in [3.8, 4) is 0 Å². The third-order valence-electron chi connectivity index (χ3n) is 2.99. The molecule has 1 rings (SSSR count). The van der Waals surface area contributed by atoms with Crippen LogP contribution in [0.2, 0.25) is 0 Å². The Kier molecular flexibility index (Phi) is 6.68. The fourth-order valence-corrected chi connectivity index (χ4v) is 1.76. The van der Waals surface area contributed by atoms with Gasteiger partial charge < -0.3 is 14.9 Å². The van der Waals surface area contributed by atoms with Gasteiger partial charge in [-0.1, -0.05) is 31.2 Å². The Bertz CT molecular complexity index is 309. The predicted octanol–water partition coefficient (Wildman–Crippen LogP) is 1.72. The maximum Gasteiger partial charge on any atom is 0.306 e. The molecule has 0 amide bonds. The van der Waals surface area contributed by atoms with Gasteiger partial charge in [-0.25, -0.2) is 0 Å². The molecule has 4 nitrogen and oxygen atoms in total. The van der Waals surface area contributed by atoms with Crippen molar-refractivity contribution >= 4 is 5.97 Å². The molecule has 0 aromatic rings. The lowest BCUT2D eigenvalue weighted by Crippen LogP contribution is -2.23. The minimum absolute atomic E-state index is 0.234. The van der Waals surface area contributed by atoms with E-state index in [-0.39, 0.29) is 12.1 Å². The zero-order valence-corrected chi connectivity index (χ0v) is 10.8. The molecule has 1 heterocycles. The lowest BCUT2D eigenvalue weighted by Gasteiger charge is -2.12. The predicted molar refractivity (Wildman–Crippen MR) is 68.9 cm³/mol. The minimum atomic E-state index is -0.734. The molecule has 0 spiro atoms. The largest absolute Gasteiger partial charge is 0.459 e. The highest BCUT2D eigenvalue weighted by Crippen LogP contribution is 2.17. The molecular weight excluding hydrogens is 232 g/mol. The molecule has 1 saturated heterocycles. The van der Waals surface area contributed by atoms with E-state index in [0.29, 0.717) is 12.8 Å². The molecule has 0 radical (unpaired) electrons. The van der Waals surface area contributed by atoms with Gasteiger partial charge in [-0.15, -0.1) is 0 Å². The van der Waals surface area contributed by atoms with E-state index in [2.05, 4.69) is 0 Å². The third-order valence-corrected chi connectivity index (χ3v) is 2.99. The van der Waals surface area contributed by atoms with Gasteiger partial charge in [0, 0.05) is 6.42 Å². The van der Waals surface area contributed by atoms with Crippen molar-refractivity contribution < 1.29 is 19.7 Å². The fourth-order valence-electron chi connectivity index (χ4n) is 1.76. The van der Waals surface area contributed by atoms with Crippen LogP contribution in [0, 0.1) is 0 Å². The zero-order chi connectivity index (χ0) is 13.4. The zero-order valence-electron chi connectivity index (χ0n) is 10.8. The summed E-state index contributed by atoms with van der Waals surface area (Å²) in [5.41, 5.74) is 0. The van der Waals surface area contributed by atoms with Crippen LogP contribution in [0.15, 0.2) is 24.3 Å². The second kappa shape index (κ2) is 8.06. The topological polar surface area (TPSA) is 66.8 Å². The molecule has 102 valence electrons. The lowest BCUT2D eigenvalue weighted by molar-refractivity contribution is -0.144. The van der Waals surface area contributed by atoms with Crippen molar-refractivity contribution in [3.63, 3.8) is 0 Å². The van der Waals surface area contributed by atoms with Crippen LogP contribution < -0.4 is 0 Å². The Balaban J connectivity index is 2.19. The number of hydrogen-bond donors (Lipinski definition) is 2. The molecule has 3 atom stereocenters. The van der Waals surface area contributed by atoms with Crippen molar-refractivity contribution in [2.24, 2.45) is 0 Å². The van der Waals surface area contributed by atoms with Crippen LogP contribution in [0.5, 0.6) is 0 Å². The van der Waals surface area contributed by atoms with E-state index < -0.39 is 12.2 Å². The molecule has 0 saturated carbocycles. The van der Waals surface area contributed by atoms with E-state index >= 15 is 0 Å². The van der Waals surface area contributed by atoms with Crippen molar-refractivity contribution in [2.45, 2.75) is 57.3 Å². The molecule has 2 N–H and O–H groups in total. The number of cyclic esters (lactones) is 1. The van der Waals surface area contributed by atoms with Crippen LogP contribution in [0.3, 0.4) is 0 Å². The molecule has 18 heavy (non-hydrogen) atoms. The van der Waals surface area contributed by atoms with E-state index in [4.69, 9.17) is 4.74 Å². The number of carbonyl (C=O) groups excluding carboxylic acids is 1. The van der Waals surface area contributed by atoms with Crippen molar-refractivity contribution in [1.82, 2.24) is 0 Å². The Morgan fingerprint density at radius 3 is 2.83 bits per heavy atom. The smallest absolute Gasteiger partial charge is 0.306 e. The third kappa shape index (κ3) is 5.47. The molecule has 1 aliphatic heterocycles. The molecule has 0 aromatic carbocycles. The number of rotatable bonds is 7. The number of ether oxygens (including phenoxy) is 1. The summed E-state index contributed by atoms with van der Waals surface area (Å²) in [6.45, 7) is 1.95. The number of carbonyl (C=O) groups is 1. The van der Waals surface area contributed by atoms with Crippen LogP contribution in [0.25, 0.3) is 0 Å². The summed E-state index contributed by atoms with van der Waals surface area (Å²) in [4.78, 5) is 10.9. The highest BCUT2D eigenvalue weighted by atomic mass is 16.6. The van der Waals surface area contributed by atoms with Crippen molar-refractivity contribution in [1.29, 1.82) is 0 Å². The summed E-state index contributed by atoms with van der Waals surface area (Å²) < 4.78 is 4.95. The number of allylic oxidation sites excluding steroid dienone is 3. The fraction of sp³-hybridized carbons (Fsp3) is 0.643. The number of aliphatic hydroxyl groups excluding tert-OH is 2. The summed E-state index contributed by atoms with van der Waals surface area (Å²) in [6, 6.07) is 0. The second-order valence-electron chi connectivity index (χ2n) is 4.51. The first-order valence-corrected chi connectivity index (χ1v) is 6.52. The Hall–Kier alpha value is -1.13. The normalized spacial score (nSPS) is 23.7. The Morgan fingerprint density at radius 2 is 2.22 bits per heavy atom. The van der Waals surface area contributed by atoms with Gasteiger partial charge in [-0.3, -0.25) is 4.79 Å². The SMILES string of the molecule is CCC(O)CCC=CC=CC(O)C1CCC(=O)O1. The van der Waals surface area contributed by atoms with Gasteiger partial charge in [-0.2, -0.15) is 0 Å².